The van der Waals surface area contributed by atoms with Crippen LogP contribution in [0.3, 0.4) is 0 Å². The Bertz CT molecular complexity index is 973. The van der Waals surface area contributed by atoms with E-state index in [1.54, 1.807) is 11.3 Å². The highest BCUT2D eigenvalue weighted by atomic mass is 35.7. The second kappa shape index (κ2) is 14.6. The predicted molar refractivity (Wildman–Crippen MR) is 94.6 cm³/mol. The summed E-state index contributed by atoms with van der Waals surface area (Å²) in [5, 5.41) is 23.1. The van der Waals surface area contributed by atoms with Gasteiger partial charge in [-0.15, -0.1) is 31.8 Å². The maximum Gasteiger partial charge on any atom is 0.182 e. The number of hydrogen-bond donors (Lipinski definition) is 2. The van der Waals surface area contributed by atoms with Gasteiger partial charge < -0.3 is 10.4 Å². The van der Waals surface area contributed by atoms with Gasteiger partial charge in [0, 0.05) is 35.4 Å². The van der Waals surface area contributed by atoms with Gasteiger partial charge in [0.15, 0.2) is 37.9 Å². The Morgan fingerprint density at radius 3 is 1.17 bits per heavy atom. The van der Waals surface area contributed by atoms with Crippen molar-refractivity contribution in [3.05, 3.63) is 82.1 Å². The molecule has 0 fully saturated rings. The minimum Gasteiger partial charge on any atom is -0.411 e. The number of hydrogen-bond acceptors (Lipinski definition) is 13. The molecule has 0 radical (unpaired) electrons. The van der Waals surface area contributed by atoms with Crippen LogP contribution >= 0.6 is 11.3 Å². The van der Waals surface area contributed by atoms with Crippen molar-refractivity contribution in [2.75, 3.05) is 0 Å². The predicted octanol–water partition coefficient (Wildman–Crippen LogP) is -7.48. The van der Waals surface area contributed by atoms with Gasteiger partial charge in [0.2, 0.25) is 0 Å². The third-order valence-electron chi connectivity index (χ3n) is 3.64. The van der Waals surface area contributed by atoms with Gasteiger partial charge in [-0.05, 0) is 12.1 Å². The number of nitrogens with zero attached hydrogens (tertiary/aromatic N) is 4. The molecule has 3 aromatic rings. The summed E-state index contributed by atoms with van der Waals surface area (Å²) in [5.41, 5.74) is 1.72. The summed E-state index contributed by atoms with van der Waals surface area (Å²) in [7, 11) is -9.89. The van der Waals surface area contributed by atoms with Crippen LogP contribution in [0.4, 0.5) is 0 Å². The molecule has 0 unspecified atom stereocenters. The van der Waals surface area contributed by atoms with Crippen molar-refractivity contribution in [2.24, 2.45) is 10.3 Å². The maximum absolute atomic E-state index is 8.53. The number of pyridine rings is 2. The van der Waals surface area contributed by atoms with E-state index >= 15 is 0 Å². The molecule has 14 nitrogen and oxygen atoms in total. The van der Waals surface area contributed by atoms with Crippen molar-refractivity contribution in [2.45, 2.75) is 13.1 Å². The number of aromatic nitrogens is 2. The molecule has 0 saturated heterocycles. The fraction of sp³-hybridized carbons (Fsp3) is 0.111. The van der Waals surface area contributed by atoms with E-state index < -0.39 is 20.5 Å². The topological polar surface area (TPSA) is 257 Å². The van der Waals surface area contributed by atoms with Gasteiger partial charge >= 0.3 is 0 Å². The normalized spacial score (nSPS) is 11.7. The molecule has 0 aromatic carbocycles. The first-order chi connectivity index (χ1) is 16.3. The third kappa shape index (κ3) is 16.5. The molecule has 0 spiro atoms. The van der Waals surface area contributed by atoms with Crippen LogP contribution in [0.25, 0.3) is 0 Å². The van der Waals surface area contributed by atoms with Crippen LogP contribution in [0, 0.1) is 20.5 Å². The summed E-state index contributed by atoms with van der Waals surface area (Å²) in [5.74, 6) is 0. The SMILES string of the molecule is O/N=C\c1cc[n+](Cc2ccc(C[n+]3ccc(/C=N\O)cc3)s2)cc1.[O-][Cl+3]([O-])([O-])[O-].[O-][Cl+3]([O-])([O-])[O-]. The number of rotatable bonds is 6. The Hall–Kier alpha value is -2.80. The molecule has 3 heterocycles. The Morgan fingerprint density at radius 1 is 0.629 bits per heavy atom. The molecule has 17 heteroatoms. The number of oxime groups is 2. The molecule has 3 aromatic heterocycles. The molecule has 3 rings (SSSR count). The molecule has 2 N–H and O–H groups in total. The van der Waals surface area contributed by atoms with Gasteiger partial charge in [0.25, 0.3) is 0 Å². The molecule has 0 aliphatic rings. The Kier molecular flexibility index (Phi) is 12.6. The highest BCUT2D eigenvalue weighted by Gasteiger charge is 2.09. The van der Waals surface area contributed by atoms with Gasteiger partial charge in [0.1, 0.15) is 0 Å². The van der Waals surface area contributed by atoms with Gasteiger partial charge in [0.05, 0.1) is 22.2 Å². The monoisotopic (exact) mass is 552 g/mol. The Morgan fingerprint density at radius 2 is 0.914 bits per heavy atom. The van der Waals surface area contributed by atoms with E-state index in [1.165, 1.54) is 22.2 Å². The first kappa shape index (κ1) is 30.2. The quantitative estimate of drug-likeness (QED) is 0.126. The van der Waals surface area contributed by atoms with E-state index in [2.05, 4.69) is 31.6 Å². The summed E-state index contributed by atoms with van der Waals surface area (Å²) < 4.78 is 72.1. The van der Waals surface area contributed by atoms with Gasteiger partial charge in [-0.3, -0.25) is 0 Å². The molecule has 0 atom stereocenters. The third-order valence-corrected chi connectivity index (χ3v) is 4.70. The van der Waals surface area contributed by atoms with Gasteiger partial charge in [-0.1, -0.05) is 10.3 Å². The minimum atomic E-state index is -4.94. The summed E-state index contributed by atoms with van der Waals surface area (Å²) in [6.07, 6.45) is 10.7. The van der Waals surface area contributed by atoms with Crippen molar-refractivity contribution in [1.29, 1.82) is 0 Å². The zero-order chi connectivity index (χ0) is 26.5. The van der Waals surface area contributed by atoms with E-state index in [-0.39, 0.29) is 0 Å². The minimum absolute atomic E-state index is 0.803. The average molecular weight is 553 g/mol. The molecule has 35 heavy (non-hydrogen) atoms. The molecule has 0 aliphatic heterocycles. The summed E-state index contributed by atoms with van der Waals surface area (Å²) in [4.78, 5) is 2.54. The largest absolute Gasteiger partial charge is 0.411 e. The molecule has 0 bridgehead atoms. The van der Waals surface area contributed by atoms with Crippen LogP contribution < -0.4 is 46.4 Å². The van der Waals surface area contributed by atoms with Crippen molar-refractivity contribution in [3.8, 4) is 0 Å². The van der Waals surface area contributed by atoms with Crippen LogP contribution in [0.2, 0.25) is 0 Å². The zero-order valence-corrected chi connectivity index (χ0v) is 19.8. The van der Waals surface area contributed by atoms with E-state index in [1.807, 2.05) is 49.1 Å². The zero-order valence-electron chi connectivity index (χ0n) is 17.5. The second-order valence-corrected chi connectivity index (χ2v) is 8.99. The van der Waals surface area contributed by atoms with E-state index in [0.29, 0.717) is 0 Å². The lowest BCUT2D eigenvalue weighted by molar-refractivity contribution is -2.00. The Balaban J connectivity index is 0.000000519. The molecule has 0 amide bonds. The lowest BCUT2D eigenvalue weighted by atomic mass is 10.3. The van der Waals surface area contributed by atoms with Crippen LogP contribution in [-0.2, 0) is 13.1 Å². The summed E-state index contributed by atoms with van der Waals surface area (Å²) in [6, 6.07) is 11.9. The summed E-state index contributed by atoms with van der Waals surface area (Å²) in [6.45, 7) is 1.61. The van der Waals surface area contributed by atoms with Crippen LogP contribution in [0.1, 0.15) is 20.9 Å². The van der Waals surface area contributed by atoms with E-state index in [9.17, 15) is 0 Å². The van der Waals surface area contributed by atoms with Gasteiger partial charge in [-0.2, -0.15) is 9.13 Å². The lowest BCUT2D eigenvalue weighted by Gasteiger charge is -2.17. The lowest BCUT2D eigenvalue weighted by Crippen LogP contribution is -2.68. The highest BCUT2D eigenvalue weighted by molar-refractivity contribution is 7.11. The molecule has 0 aliphatic carbocycles. The van der Waals surface area contributed by atoms with Crippen LogP contribution in [-0.4, -0.2) is 22.8 Å². The maximum atomic E-state index is 8.53. The van der Waals surface area contributed by atoms with E-state index in [4.69, 9.17) is 47.7 Å². The first-order valence-corrected chi connectivity index (χ1v) is 12.2. The first-order valence-electron chi connectivity index (χ1n) is 8.91. The number of thiophene rings is 1. The smallest absolute Gasteiger partial charge is 0.182 e. The average Bonchev–Trinajstić information content (AvgIpc) is 3.16. The van der Waals surface area contributed by atoms with Crippen molar-refractivity contribution in [1.82, 2.24) is 0 Å². The number of halogens is 2. The van der Waals surface area contributed by atoms with Crippen molar-refractivity contribution in [3.63, 3.8) is 0 Å². The van der Waals surface area contributed by atoms with Crippen LogP contribution in [0.15, 0.2) is 71.5 Å². The molecule has 0 saturated carbocycles. The second-order valence-electron chi connectivity index (χ2n) is 6.22. The molecular weight excluding hydrogens is 535 g/mol. The Labute approximate surface area is 206 Å². The fourth-order valence-corrected chi connectivity index (χ4v) is 3.44. The molecule has 190 valence electrons. The van der Waals surface area contributed by atoms with Crippen molar-refractivity contribution < 1.29 is 77.3 Å². The van der Waals surface area contributed by atoms with Gasteiger partial charge in [-0.25, -0.2) is 37.3 Å². The summed E-state index contributed by atoms with van der Waals surface area (Å²) >= 11 is 1.78. The standard InChI is InChI=1S/C18H16N4O2S.2ClHO4/c23-19-11-15-3-7-21(8-4-15)13-17-1-2-18(25-17)14-22-9-5-16(6-10-22)12-20-24;2*2-1(3,4)5/h1-12H,13-14H2;2*(H,2,3,4,5). The highest BCUT2D eigenvalue weighted by Crippen LogP contribution is 2.16. The molecular formula is C18H18Cl2N4O10S. The fourth-order valence-electron chi connectivity index (χ4n) is 2.41. The van der Waals surface area contributed by atoms with Crippen LogP contribution in [0.5, 0.6) is 0 Å². The van der Waals surface area contributed by atoms with Crippen molar-refractivity contribution >= 4 is 23.8 Å². The van der Waals surface area contributed by atoms with E-state index in [0.717, 1.165) is 24.2 Å².